The smallest absolute Gasteiger partial charge is 0.251 e. The zero-order valence-electron chi connectivity index (χ0n) is 17.8. The average Bonchev–Trinajstić information content (AvgIpc) is 3.25. The van der Waals surface area contributed by atoms with Crippen molar-refractivity contribution in [1.82, 2.24) is 19.1 Å². The number of rotatable bonds is 6. The summed E-state index contributed by atoms with van der Waals surface area (Å²) >= 11 is 0. The molecule has 0 unspecified atom stereocenters. The summed E-state index contributed by atoms with van der Waals surface area (Å²) < 4.78 is 3.72. The van der Waals surface area contributed by atoms with E-state index in [4.69, 9.17) is 0 Å². The molecule has 5 heteroatoms. The summed E-state index contributed by atoms with van der Waals surface area (Å²) in [5.41, 5.74) is 5.29. The summed E-state index contributed by atoms with van der Waals surface area (Å²) in [6.45, 7) is 4.26. The Kier molecular flexibility index (Phi) is 5.67. The van der Waals surface area contributed by atoms with E-state index in [1.54, 1.807) is 6.07 Å². The molecule has 4 heterocycles. The molecule has 1 fully saturated rings. The molecule has 0 bridgehead atoms. The molecular formula is C26H28N4O. The van der Waals surface area contributed by atoms with Gasteiger partial charge in [0.15, 0.2) is 0 Å². The molecule has 5 rings (SSSR count). The highest BCUT2D eigenvalue weighted by molar-refractivity contribution is 5.81. The van der Waals surface area contributed by atoms with Gasteiger partial charge in [0.05, 0.1) is 11.7 Å². The van der Waals surface area contributed by atoms with Crippen LogP contribution in [-0.4, -0.2) is 38.7 Å². The van der Waals surface area contributed by atoms with Gasteiger partial charge in [0, 0.05) is 36.1 Å². The third-order valence-electron chi connectivity index (χ3n) is 6.25. The van der Waals surface area contributed by atoms with Gasteiger partial charge in [0.25, 0.3) is 5.56 Å². The first-order valence-corrected chi connectivity index (χ1v) is 11.2. The number of aryl methyl sites for hydroxylation is 1. The van der Waals surface area contributed by atoms with Crippen LogP contribution in [0.5, 0.6) is 0 Å². The normalized spacial score (nSPS) is 14.8. The average molecular weight is 413 g/mol. The van der Waals surface area contributed by atoms with Crippen molar-refractivity contribution < 1.29 is 0 Å². The maximum atomic E-state index is 12.7. The Bertz CT molecular complexity index is 1220. The van der Waals surface area contributed by atoms with Crippen molar-refractivity contribution in [2.24, 2.45) is 0 Å². The summed E-state index contributed by atoms with van der Waals surface area (Å²) in [5.74, 6) is 0. The van der Waals surface area contributed by atoms with E-state index >= 15 is 0 Å². The number of piperidine rings is 1. The van der Waals surface area contributed by atoms with E-state index in [1.807, 2.05) is 51.9 Å². The first-order chi connectivity index (χ1) is 15.3. The van der Waals surface area contributed by atoms with Crippen LogP contribution in [0.4, 0.5) is 0 Å². The SMILES string of the molecule is O=c1cc(-c2ccc3c(-c4ccccc4)cnn3c2)ccn1CCCN1CCCCC1. The van der Waals surface area contributed by atoms with Gasteiger partial charge in [-0.25, -0.2) is 4.52 Å². The lowest BCUT2D eigenvalue weighted by Crippen LogP contribution is -2.31. The van der Waals surface area contributed by atoms with E-state index < -0.39 is 0 Å². The molecule has 1 aromatic carbocycles. The van der Waals surface area contributed by atoms with E-state index in [1.165, 1.54) is 32.4 Å². The van der Waals surface area contributed by atoms with Gasteiger partial charge in [-0.3, -0.25) is 4.79 Å². The fourth-order valence-corrected chi connectivity index (χ4v) is 4.51. The lowest BCUT2D eigenvalue weighted by molar-refractivity contribution is 0.222. The van der Waals surface area contributed by atoms with Crippen LogP contribution in [0.25, 0.3) is 27.8 Å². The molecular weight excluding hydrogens is 384 g/mol. The minimum atomic E-state index is 0.0571. The summed E-state index contributed by atoms with van der Waals surface area (Å²) in [4.78, 5) is 15.2. The van der Waals surface area contributed by atoms with Crippen LogP contribution in [0.3, 0.4) is 0 Å². The molecule has 0 aliphatic carbocycles. The van der Waals surface area contributed by atoms with Gasteiger partial charge < -0.3 is 9.47 Å². The Morgan fingerprint density at radius 1 is 0.839 bits per heavy atom. The largest absolute Gasteiger partial charge is 0.315 e. The highest BCUT2D eigenvalue weighted by atomic mass is 16.1. The fraction of sp³-hybridized carbons (Fsp3) is 0.308. The molecule has 5 nitrogen and oxygen atoms in total. The number of hydrogen-bond donors (Lipinski definition) is 0. The van der Waals surface area contributed by atoms with E-state index in [0.717, 1.165) is 47.3 Å². The maximum absolute atomic E-state index is 12.7. The standard InChI is InChI=1S/C26H28N4O/c31-26-18-22(12-17-29(26)16-7-15-28-13-5-2-6-14-28)23-10-11-25-24(19-27-30(25)20-23)21-8-3-1-4-9-21/h1,3-4,8-12,17-20H,2,5-7,13-16H2. The van der Waals surface area contributed by atoms with Gasteiger partial charge in [-0.05, 0) is 62.2 Å². The van der Waals surface area contributed by atoms with Gasteiger partial charge in [-0.2, -0.15) is 5.10 Å². The third-order valence-corrected chi connectivity index (χ3v) is 6.25. The molecule has 1 aliphatic rings. The van der Waals surface area contributed by atoms with Crippen molar-refractivity contribution >= 4 is 5.52 Å². The van der Waals surface area contributed by atoms with Crippen LogP contribution in [0, 0.1) is 0 Å². The van der Waals surface area contributed by atoms with Crippen LogP contribution in [-0.2, 0) is 6.54 Å². The second kappa shape index (κ2) is 8.90. The van der Waals surface area contributed by atoms with Gasteiger partial charge in [-0.15, -0.1) is 0 Å². The monoisotopic (exact) mass is 412 g/mol. The van der Waals surface area contributed by atoms with Crippen LogP contribution >= 0.6 is 0 Å². The molecule has 1 saturated heterocycles. The molecule has 158 valence electrons. The number of hydrogen-bond acceptors (Lipinski definition) is 3. The Morgan fingerprint density at radius 2 is 1.68 bits per heavy atom. The van der Waals surface area contributed by atoms with Crippen LogP contribution in [0.2, 0.25) is 0 Å². The summed E-state index contributed by atoms with van der Waals surface area (Å²) in [5, 5.41) is 4.53. The van der Waals surface area contributed by atoms with E-state index in [-0.39, 0.29) is 5.56 Å². The van der Waals surface area contributed by atoms with Gasteiger partial charge in [0.2, 0.25) is 0 Å². The van der Waals surface area contributed by atoms with Crippen molar-refractivity contribution in [2.75, 3.05) is 19.6 Å². The third kappa shape index (κ3) is 4.32. The first kappa shape index (κ1) is 19.8. The first-order valence-electron chi connectivity index (χ1n) is 11.2. The molecule has 0 spiro atoms. The maximum Gasteiger partial charge on any atom is 0.251 e. The number of fused-ring (bicyclic) bond motifs is 1. The Balaban J connectivity index is 1.32. The van der Waals surface area contributed by atoms with Crippen molar-refractivity contribution in [3.8, 4) is 22.3 Å². The zero-order chi connectivity index (χ0) is 21.0. The van der Waals surface area contributed by atoms with E-state index in [9.17, 15) is 4.79 Å². The predicted octanol–water partition coefficient (Wildman–Crippen LogP) is 4.71. The second-order valence-corrected chi connectivity index (χ2v) is 8.37. The molecule has 0 amide bonds. The molecule has 3 aromatic heterocycles. The van der Waals surface area contributed by atoms with Crippen molar-refractivity contribution in [1.29, 1.82) is 0 Å². The van der Waals surface area contributed by atoms with Gasteiger partial charge in [-0.1, -0.05) is 42.8 Å². The van der Waals surface area contributed by atoms with E-state index in [0.29, 0.717) is 0 Å². The Labute approximate surface area is 182 Å². The zero-order valence-corrected chi connectivity index (χ0v) is 17.8. The topological polar surface area (TPSA) is 42.5 Å². The Morgan fingerprint density at radius 3 is 2.48 bits per heavy atom. The van der Waals surface area contributed by atoms with Crippen LogP contribution < -0.4 is 5.56 Å². The predicted molar refractivity (Wildman–Crippen MR) is 125 cm³/mol. The fourth-order valence-electron chi connectivity index (χ4n) is 4.51. The minimum absolute atomic E-state index is 0.0571. The molecule has 31 heavy (non-hydrogen) atoms. The van der Waals surface area contributed by atoms with Crippen molar-refractivity contribution in [3.05, 3.63) is 83.5 Å². The second-order valence-electron chi connectivity index (χ2n) is 8.37. The molecule has 0 atom stereocenters. The quantitative estimate of drug-likeness (QED) is 0.461. The lowest BCUT2D eigenvalue weighted by atomic mass is 10.1. The van der Waals surface area contributed by atoms with Crippen LogP contribution in [0.1, 0.15) is 25.7 Å². The number of likely N-dealkylation sites (tertiary alicyclic amines) is 1. The van der Waals surface area contributed by atoms with Crippen molar-refractivity contribution in [2.45, 2.75) is 32.2 Å². The molecule has 0 N–H and O–H groups in total. The van der Waals surface area contributed by atoms with Crippen molar-refractivity contribution in [3.63, 3.8) is 0 Å². The molecule has 0 radical (unpaired) electrons. The highest BCUT2D eigenvalue weighted by Gasteiger charge is 2.10. The van der Waals surface area contributed by atoms with E-state index in [2.05, 4.69) is 34.3 Å². The number of benzene rings is 1. The van der Waals surface area contributed by atoms with Gasteiger partial charge in [0.1, 0.15) is 0 Å². The lowest BCUT2D eigenvalue weighted by Gasteiger charge is -2.26. The molecule has 0 saturated carbocycles. The number of nitrogens with zero attached hydrogens (tertiary/aromatic N) is 4. The molecule has 4 aromatic rings. The van der Waals surface area contributed by atoms with Crippen LogP contribution in [0.15, 0.2) is 78.0 Å². The molecule has 1 aliphatic heterocycles. The minimum Gasteiger partial charge on any atom is -0.315 e. The Hall–Kier alpha value is -3.18. The number of aromatic nitrogens is 3. The summed E-state index contributed by atoms with van der Waals surface area (Å²) in [6, 6.07) is 18.2. The number of pyridine rings is 2. The summed E-state index contributed by atoms with van der Waals surface area (Å²) in [7, 11) is 0. The summed E-state index contributed by atoms with van der Waals surface area (Å²) in [6.07, 6.45) is 10.8. The highest BCUT2D eigenvalue weighted by Crippen LogP contribution is 2.26. The van der Waals surface area contributed by atoms with Gasteiger partial charge >= 0.3 is 0 Å².